The zero-order valence-electron chi connectivity index (χ0n) is 16.0. The first-order chi connectivity index (χ1) is 13.0. The predicted octanol–water partition coefficient (Wildman–Crippen LogP) is 2.86. The maximum absolute atomic E-state index is 12.0. The van der Waals surface area contributed by atoms with Crippen molar-refractivity contribution in [1.29, 1.82) is 0 Å². The number of ether oxygens (including phenoxy) is 2. The lowest BCUT2D eigenvalue weighted by atomic mass is 10.1. The Hall–Kier alpha value is -3.02. The number of carbonyl (C=O) groups excluding carboxylic acids is 2. The van der Waals surface area contributed by atoms with Crippen LogP contribution in [0.2, 0.25) is 0 Å². The van der Waals surface area contributed by atoms with E-state index in [0.29, 0.717) is 18.8 Å². The van der Waals surface area contributed by atoms with Crippen LogP contribution in [0.5, 0.6) is 11.5 Å². The molecule has 0 saturated heterocycles. The van der Waals surface area contributed by atoms with Gasteiger partial charge < -0.3 is 9.47 Å². The van der Waals surface area contributed by atoms with Crippen LogP contribution >= 0.6 is 0 Å². The third kappa shape index (κ3) is 6.33. The fraction of sp³-hybridized carbons (Fsp3) is 0.333. The molecule has 0 fully saturated rings. The van der Waals surface area contributed by atoms with Crippen LogP contribution in [0.25, 0.3) is 0 Å². The molecule has 2 aromatic rings. The summed E-state index contributed by atoms with van der Waals surface area (Å²) < 4.78 is 11.1. The van der Waals surface area contributed by atoms with Gasteiger partial charge in [-0.2, -0.15) is 0 Å². The number of nitrogens with one attached hydrogen (secondary N) is 2. The zero-order chi connectivity index (χ0) is 19.6. The minimum atomic E-state index is -0.416. The Kier molecular flexibility index (Phi) is 7.67. The lowest BCUT2D eigenvalue weighted by molar-refractivity contribution is -0.130. The molecular formula is C21H26N2O4. The average Bonchev–Trinajstić information content (AvgIpc) is 2.65. The van der Waals surface area contributed by atoms with Crippen molar-refractivity contribution in [3.63, 3.8) is 0 Å². The van der Waals surface area contributed by atoms with Gasteiger partial charge in [-0.1, -0.05) is 36.4 Å². The SMILES string of the molecule is CCOc1ccccc1CCC(=O)NNC(=O)COc1c(C)cccc1C. The third-order valence-electron chi connectivity index (χ3n) is 3.99. The topological polar surface area (TPSA) is 76.7 Å². The summed E-state index contributed by atoms with van der Waals surface area (Å²) in [5, 5.41) is 0. The van der Waals surface area contributed by atoms with Crippen LogP contribution in [0.1, 0.15) is 30.0 Å². The second-order valence-electron chi connectivity index (χ2n) is 6.15. The van der Waals surface area contributed by atoms with Crippen LogP contribution in [0, 0.1) is 13.8 Å². The summed E-state index contributed by atoms with van der Waals surface area (Å²) >= 11 is 0. The summed E-state index contributed by atoms with van der Waals surface area (Å²) in [5.41, 5.74) is 7.66. The van der Waals surface area contributed by atoms with E-state index in [0.717, 1.165) is 22.4 Å². The second-order valence-corrected chi connectivity index (χ2v) is 6.15. The second kappa shape index (κ2) is 10.2. The van der Waals surface area contributed by atoms with Crippen LogP contribution in [-0.4, -0.2) is 25.0 Å². The van der Waals surface area contributed by atoms with E-state index in [1.807, 2.05) is 63.2 Å². The van der Waals surface area contributed by atoms with E-state index in [2.05, 4.69) is 10.9 Å². The van der Waals surface area contributed by atoms with Gasteiger partial charge in [0.15, 0.2) is 6.61 Å². The molecule has 0 aliphatic rings. The Morgan fingerprint density at radius 3 is 2.26 bits per heavy atom. The molecule has 0 aromatic heterocycles. The molecule has 6 heteroatoms. The number of aryl methyl sites for hydroxylation is 3. The number of rotatable bonds is 8. The molecule has 2 amide bonds. The van der Waals surface area contributed by atoms with Gasteiger partial charge in [0, 0.05) is 6.42 Å². The molecule has 0 saturated carbocycles. The van der Waals surface area contributed by atoms with Crippen molar-refractivity contribution in [2.75, 3.05) is 13.2 Å². The first-order valence-electron chi connectivity index (χ1n) is 8.98. The summed E-state index contributed by atoms with van der Waals surface area (Å²) in [6.07, 6.45) is 0.763. The van der Waals surface area contributed by atoms with E-state index in [9.17, 15) is 9.59 Å². The van der Waals surface area contributed by atoms with Crippen LogP contribution < -0.4 is 20.3 Å². The van der Waals surface area contributed by atoms with Crippen molar-refractivity contribution in [1.82, 2.24) is 10.9 Å². The Balaban J connectivity index is 1.74. The number of amides is 2. The van der Waals surface area contributed by atoms with Crippen LogP contribution in [0.4, 0.5) is 0 Å². The predicted molar refractivity (Wildman–Crippen MR) is 104 cm³/mol. The van der Waals surface area contributed by atoms with Crippen molar-refractivity contribution in [3.8, 4) is 11.5 Å². The molecule has 2 rings (SSSR count). The summed E-state index contributed by atoms with van der Waals surface area (Å²) in [6.45, 7) is 6.16. The van der Waals surface area contributed by atoms with Crippen molar-refractivity contribution < 1.29 is 19.1 Å². The van der Waals surface area contributed by atoms with Crippen LogP contribution in [-0.2, 0) is 16.0 Å². The first-order valence-corrected chi connectivity index (χ1v) is 8.98. The van der Waals surface area contributed by atoms with E-state index >= 15 is 0 Å². The quantitative estimate of drug-likeness (QED) is 0.701. The fourth-order valence-corrected chi connectivity index (χ4v) is 2.66. The molecule has 0 radical (unpaired) electrons. The lowest BCUT2D eigenvalue weighted by Crippen LogP contribution is -2.44. The highest BCUT2D eigenvalue weighted by Gasteiger charge is 2.10. The van der Waals surface area contributed by atoms with E-state index in [1.54, 1.807) is 0 Å². The zero-order valence-corrected chi connectivity index (χ0v) is 16.0. The van der Waals surface area contributed by atoms with Gasteiger partial charge in [0.05, 0.1) is 6.61 Å². The molecule has 2 N–H and O–H groups in total. The van der Waals surface area contributed by atoms with Gasteiger partial charge in [-0.15, -0.1) is 0 Å². The summed E-state index contributed by atoms with van der Waals surface area (Å²) in [7, 11) is 0. The monoisotopic (exact) mass is 370 g/mol. The third-order valence-corrected chi connectivity index (χ3v) is 3.99. The van der Waals surface area contributed by atoms with Gasteiger partial charge in [-0.3, -0.25) is 20.4 Å². The van der Waals surface area contributed by atoms with Gasteiger partial charge in [-0.25, -0.2) is 0 Å². The van der Waals surface area contributed by atoms with Crippen LogP contribution in [0.3, 0.4) is 0 Å². The summed E-state index contributed by atoms with van der Waals surface area (Å²) in [4.78, 5) is 23.9. The minimum absolute atomic E-state index is 0.168. The Labute approximate surface area is 159 Å². The number of hydrogen-bond donors (Lipinski definition) is 2. The van der Waals surface area contributed by atoms with Crippen molar-refractivity contribution in [2.24, 2.45) is 0 Å². The van der Waals surface area contributed by atoms with E-state index in [1.165, 1.54) is 0 Å². The Bertz CT molecular complexity index is 769. The van der Waals surface area contributed by atoms with Gasteiger partial charge in [-0.05, 0) is 49.9 Å². The van der Waals surface area contributed by atoms with Gasteiger partial charge in [0.25, 0.3) is 5.91 Å². The van der Waals surface area contributed by atoms with Gasteiger partial charge >= 0.3 is 0 Å². The normalized spacial score (nSPS) is 10.2. The number of para-hydroxylation sites is 2. The maximum atomic E-state index is 12.0. The molecule has 0 bridgehead atoms. The molecular weight excluding hydrogens is 344 g/mol. The molecule has 0 heterocycles. The van der Waals surface area contributed by atoms with Crippen molar-refractivity contribution in [2.45, 2.75) is 33.6 Å². The molecule has 0 unspecified atom stereocenters. The minimum Gasteiger partial charge on any atom is -0.494 e. The molecule has 144 valence electrons. The van der Waals surface area contributed by atoms with E-state index in [4.69, 9.17) is 9.47 Å². The van der Waals surface area contributed by atoms with E-state index < -0.39 is 5.91 Å². The Morgan fingerprint density at radius 2 is 1.56 bits per heavy atom. The molecule has 0 aliphatic carbocycles. The molecule has 6 nitrogen and oxygen atoms in total. The summed E-state index contributed by atoms with van der Waals surface area (Å²) in [5.74, 6) is 0.771. The largest absolute Gasteiger partial charge is 0.494 e. The first kappa shape index (κ1) is 20.3. The smallest absolute Gasteiger partial charge is 0.276 e. The van der Waals surface area contributed by atoms with Crippen LogP contribution in [0.15, 0.2) is 42.5 Å². The highest BCUT2D eigenvalue weighted by atomic mass is 16.5. The number of hydrazine groups is 1. The Morgan fingerprint density at radius 1 is 0.889 bits per heavy atom. The summed E-state index contributed by atoms with van der Waals surface area (Å²) in [6, 6.07) is 13.4. The molecule has 0 spiro atoms. The highest BCUT2D eigenvalue weighted by molar-refractivity contribution is 5.82. The number of benzene rings is 2. The molecule has 27 heavy (non-hydrogen) atoms. The fourth-order valence-electron chi connectivity index (χ4n) is 2.66. The van der Waals surface area contributed by atoms with Gasteiger partial charge in [0.1, 0.15) is 11.5 Å². The molecule has 0 atom stereocenters. The highest BCUT2D eigenvalue weighted by Crippen LogP contribution is 2.22. The number of hydrogen-bond acceptors (Lipinski definition) is 4. The molecule has 2 aromatic carbocycles. The maximum Gasteiger partial charge on any atom is 0.276 e. The lowest BCUT2D eigenvalue weighted by Gasteiger charge is -2.13. The number of carbonyl (C=O) groups is 2. The van der Waals surface area contributed by atoms with Crippen molar-refractivity contribution >= 4 is 11.8 Å². The average molecular weight is 370 g/mol. The van der Waals surface area contributed by atoms with Crippen molar-refractivity contribution in [3.05, 3.63) is 59.2 Å². The molecule has 0 aliphatic heterocycles. The standard InChI is InChI=1S/C21H26N2O4/c1-4-26-18-11-6-5-10-17(18)12-13-19(24)22-23-20(25)14-27-21-15(2)8-7-9-16(21)3/h5-11H,4,12-14H2,1-3H3,(H,22,24)(H,23,25). The van der Waals surface area contributed by atoms with E-state index in [-0.39, 0.29) is 18.9 Å². The van der Waals surface area contributed by atoms with Gasteiger partial charge in [0.2, 0.25) is 5.91 Å².